The van der Waals surface area contributed by atoms with Crippen molar-refractivity contribution in [2.24, 2.45) is 7.05 Å². The molecule has 0 radical (unpaired) electrons. The highest BCUT2D eigenvalue weighted by Crippen LogP contribution is 2.37. The lowest BCUT2D eigenvalue weighted by Gasteiger charge is -2.09. The second kappa shape index (κ2) is 7.09. The average molecular weight is 413 g/mol. The number of nitrogens with zero attached hydrogens (tertiary/aromatic N) is 6. The van der Waals surface area contributed by atoms with Gasteiger partial charge in [0.1, 0.15) is 17.6 Å². The first-order chi connectivity index (χ1) is 14.1. The second-order valence-corrected chi connectivity index (χ2v) is 7.49. The lowest BCUT2D eigenvalue weighted by Crippen LogP contribution is -2.24. The number of aromatic nitrogens is 6. The SMILES string of the molecule is Cn1cnc2cnn(Cc3nc([C@@H]4CO[C@@H](c5ccc(Cl)cc5)C4)no3)c(=O)c21. The Bertz CT molecular complexity index is 1230. The van der Waals surface area contributed by atoms with Crippen molar-refractivity contribution in [2.75, 3.05) is 6.61 Å². The molecule has 3 aromatic heterocycles. The number of hydrogen-bond donors (Lipinski definition) is 0. The highest BCUT2D eigenvalue weighted by molar-refractivity contribution is 6.30. The van der Waals surface area contributed by atoms with Gasteiger partial charge in [-0.05, 0) is 24.1 Å². The molecule has 0 unspecified atom stereocenters. The van der Waals surface area contributed by atoms with Gasteiger partial charge in [0.05, 0.1) is 25.2 Å². The molecule has 9 nitrogen and oxygen atoms in total. The summed E-state index contributed by atoms with van der Waals surface area (Å²) in [5.41, 5.74) is 1.85. The van der Waals surface area contributed by atoms with E-state index >= 15 is 0 Å². The first-order valence-corrected chi connectivity index (χ1v) is 9.53. The van der Waals surface area contributed by atoms with Crippen LogP contribution in [0, 0.1) is 0 Å². The third-order valence-electron chi connectivity index (χ3n) is 5.09. The second-order valence-electron chi connectivity index (χ2n) is 7.05. The van der Waals surface area contributed by atoms with Crippen molar-refractivity contribution in [3.63, 3.8) is 0 Å². The van der Waals surface area contributed by atoms with Crippen molar-refractivity contribution in [3.05, 3.63) is 69.4 Å². The van der Waals surface area contributed by atoms with Gasteiger partial charge in [-0.15, -0.1) is 0 Å². The number of aryl methyl sites for hydroxylation is 1. The Morgan fingerprint density at radius 1 is 1.28 bits per heavy atom. The minimum absolute atomic E-state index is 0.0254. The number of fused-ring (bicyclic) bond motifs is 1. The van der Waals surface area contributed by atoms with Crippen LogP contribution in [0.5, 0.6) is 0 Å². The highest BCUT2D eigenvalue weighted by atomic mass is 35.5. The highest BCUT2D eigenvalue weighted by Gasteiger charge is 2.31. The van der Waals surface area contributed by atoms with Gasteiger partial charge in [0.2, 0.25) is 5.89 Å². The first-order valence-electron chi connectivity index (χ1n) is 9.15. The number of imidazole rings is 1. The van der Waals surface area contributed by atoms with Crippen LogP contribution in [0.25, 0.3) is 11.0 Å². The first kappa shape index (κ1) is 18.0. The Labute approximate surface area is 169 Å². The molecule has 2 atom stereocenters. The van der Waals surface area contributed by atoms with E-state index in [0.717, 1.165) is 12.0 Å². The Morgan fingerprint density at radius 3 is 2.93 bits per heavy atom. The van der Waals surface area contributed by atoms with Crippen molar-refractivity contribution < 1.29 is 9.26 Å². The van der Waals surface area contributed by atoms with E-state index < -0.39 is 0 Å². The van der Waals surface area contributed by atoms with E-state index in [0.29, 0.717) is 34.4 Å². The lowest BCUT2D eigenvalue weighted by molar-refractivity contribution is 0.110. The zero-order chi connectivity index (χ0) is 20.0. The summed E-state index contributed by atoms with van der Waals surface area (Å²) >= 11 is 5.95. The van der Waals surface area contributed by atoms with Gasteiger partial charge in [-0.25, -0.2) is 9.67 Å². The Hall–Kier alpha value is -3.04. The zero-order valence-electron chi connectivity index (χ0n) is 15.5. The van der Waals surface area contributed by atoms with E-state index in [-0.39, 0.29) is 24.1 Å². The largest absolute Gasteiger partial charge is 0.373 e. The van der Waals surface area contributed by atoms with Crippen LogP contribution in [0.2, 0.25) is 5.02 Å². The molecule has 1 saturated heterocycles. The van der Waals surface area contributed by atoms with Crippen LogP contribution in [0.1, 0.15) is 35.7 Å². The van der Waals surface area contributed by atoms with Gasteiger partial charge >= 0.3 is 0 Å². The molecule has 0 N–H and O–H groups in total. The van der Waals surface area contributed by atoms with Crippen LogP contribution in [0.4, 0.5) is 0 Å². The monoisotopic (exact) mass is 412 g/mol. The number of ether oxygens (including phenoxy) is 1. The fourth-order valence-corrected chi connectivity index (χ4v) is 3.68. The molecule has 1 aliphatic rings. The van der Waals surface area contributed by atoms with Crippen molar-refractivity contribution in [1.29, 1.82) is 0 Å². The van der Waals surface area contributed by atoms with E-state index in [1.165, 1.54) is 4.68 Å². The van der Waals surface area contributed by atoms with E-state index in [4.69, 9.17) is 20.9 Å². The Kier molecular flexibility index (Phi) is 4.40. The molecule has 0 aliphatic carbocycles. The molecule has 0 spiro atoms. The molecule has 1 fully saturated rings. The summed E-state index contributed by atoms with van der Waals surface area (Å²) in [6, 6.07) is 7.63. The molecule has 1 aromatic carbocycles. The maximum Gasteiger partial charge on any atom is 0.293 e. The van der Waals surface area contributed by atoms with E-state index in [1.807, 2.05) is 24.3 Å². The summed E-state index contributed by atoms with van der Waals surface area (Å²) in [4.78, 5) is 21.2. The van der Waals surface area contributed by atoms with Crippen molar-refractivity contribution in [1.82, 2.24) is 29.5 Å². The number of rotatable bonds is 4. The molecule has 0 amide bonds. The summed E-state index contributed by atoms with van der Waals surface area (Å²) < 4.78 is 14.2. The summed E-state index contributed by atoms with van der Waals surface area (Å²) in [6.45, 7) is 0.604. The van der Waals surface area contributed by atoms with Gasteiger partial charge in [-0.3, -0.25) is 4.79 Å². The fraction of sp³-hybridized carbons (Fsp3) is 0.316. The fourth-order valence-electron chi connectivity index (χ4n) is 3.56. The predicted molar refractivity (Wildman–Crippen MR) is 104 cm³/mol. The maximum absolute atomic E-state index is 12.6. The van der Waals surface area contributed by atoms with Gasteiger partial charge in [-0.2, -0.15) is 10.1 Å². The minimum Gasteiger partial charge on any atom is -0.373 e. The van der Waals surface area contributed by atoms with E-state index in [9.17, 15) is 4.79 Å². The molecule has 29 heavy (non-hydrogen) atoms. The van der Waals surface area contributed by atoms with Crippen LogP contribution >= 0.6 is 11.6 Å². The lowest BCUT2D eigenvalue weighted by atomic mass is 10.0. The van der Waals surface area contributed by atoms with Crippen LogP contribution in [-0.2, 0) is 18.3 Å². The standard InChI is InChI=1S/C19H17ClN6O3/c1-25-10-21-14-7-22-26(19(27)17(14)25)8-16-23-18(24-29-16)12-6-15(28-9-12)11-2-4-13(20)5-3-11/h2-5,7,10,12,15H,6,8-9H2,1H3/t12-,15+/m0/s1. The van der Waals surface area contributed by atoms with Crippen LogP contribution in [0.3, 0.4) is 0 Å². The Balaban J connectivity index is 1.32. The molecule has 4 heterocycles. The molecule has 1 aliphatic heterocycles. The molecule has 5 rings (SSSR count). The topological polar surface area (TPSA) is 101 Å². The van der Waals surface area contributed by atoms with Crippen LogP contribution < -0.4 is 5.56 Å². The smallest absolute Gasteiger partial charge is 0.293 e. The van der Waals surface area contributed by atoms with E-state index in [1.54, 1.807) is 24.1 Å². The molecule has 148 valence electrons. The van der Waals surface area contributed by atoms with Gasteiger partial charge in [0, 0.05) is 18.0 Å². The quantitative estimate of drug-likeness (QED) is 0.507. The molecular weight excluding hydrogens is 396 g/mol. The predicted octanol–water partition coefficient (Wildman–Crippen LogP) is 2.46. The van der Waals surface area contributed by atoms with Gasteiger partial charge < -0.3 is 13.8 Å². The average Bonchev–Trinajstić information content (AvgIpc) is 3.45. The number of benzene rings is 1. The zero-order valence-corrected chi connectivity index (χ0v) is 16.3. The maximum atomic E-state index is 12.6. The van der Waals surface area contributed by atoms with E-state index in [2.05, 4.69) is 20.2 Å². The molecule has 0 bridgehead atoms. The normalized spacial score (nSPS) is 19.2. The summed E-state index contributed by atoms with van der Waals surface area (Å²) in [6.07, 6.45) is 3.85. The number of halogens is 1. The molecule has 10 heteroatoms. The number of hydrogen-bond acceptors (Lipinski definition) is 7. The summed E-state index contributed by atoms with van der Waals surface area (Å²) in [5, 5.41) is 8.93. The summed E-state index contributed by atoms with van der Waals surface area (Å²) in [7, 11) is 1.77. The summed E-state index contributed by atoms with van der Waals surface area (Å²) in [5.74, 6) is 0.926. The van der Waals surface area contributed by atoms with Crippen molar-refractivity contribution in [3.8, 4) is 0 Å². The van der Waals surface area contributed by atoms with Gasteiger partial charge in [-0.1, -0.05) is 28.9 Å². The third-order valence-corrected chi connectivity index (χ3v) is 5.35. The molecule has 4 aromatic rings. The van der Waals surface area contributed by atoms with Crippen molar-refractivity contribution in [2.45, 2.75) is 25.0 Å². The molecule has 0 saturated carbocycles. The van der Waals surface area contributed by atoms with Crippen LogP contribution in [0.15, 0.2) is 46.1 Å². The molecular formula is C19H17ClN6O3. The Morgan fingerprint density at radius 2 is 2.10 bits per heavy atom. The minimum atomic E-state index is -0.255. The van der Waals surface area contributed by atoms with Gasteiger partial charge in [0.25, 0.3) is 5.56 Å². The van der Waals surface area contributed by atoms with Crippen molar-refractivity contribution >= 4 is 22.6 Å². The van der Waals surface area contributed by atoms with Gasteiger partial charge in [0.15, 0.2) is 5.82 Å². The van der Waals surface area contributed by atoms with Crippen LogP contribution in [-0.4, -0.2) is 36.1 Å². The third kappa shape index (κ3) is 3.32.